The van der Waals surface area contributed by atoms with E-state index < -0.39 is 33.1 Å². The zero-order chi connectivity index (χ0) is 19.5. The predicted molar refractivity (Wildman–Crippen MR) is 95.2 cm³/mol. The zero-order valence-electron chi connectivity index (χ0n) is 15.2. The van der Waals surface area contributed by atoms with E-state index in [1.54, 1.807) is 39.8 Å². The number of sulfonamides is 1. The van der Waals surface area contributed by atoms with Crippen LogP contribution in [0.15, 0.2) is 29.2 Å². The molecule has 0 aliphatic carbocycles. The van der Waals surface area contributed by atoms with Gasteiger partial charge in [-0.05, 0) is 26.0 Å². The van der Waals surface area contributed by atoms with E-state index in [2.05, 4.69) is 10.6 Å². The van der Waals surface area contributed by atoms with Crippen molar-refractivity contribution in [2.75, 3.05) is 6.61 Å². The summed E-state index contributed by atoms with van der Waals surface area (Å²) in [7, 11) is -4.10. The highest BCUT2D eigenvalue weighted by atomic mass is 32.2. The van der Waals surface area contributed by atoms with Crippen LogP contribution in [0.3, 0.4) is 0 Å². The van der Waals surface area contributed by atoms with Crippen molar-refractivity contribution in [1.29, 1.82) is 0 Å². The molecule has 0 fully saturated rings. The number of hydrogen-bond donors (Lipinski definition) is 2. The Labute approximate surface area is 149 Å². The van der Waals surface area contributed by atoms with Crippen molar-refractivity contribution in [1.82, 2.24) is 4.72 Å². The Morgan fingerprint density at radius 2 is 1.84 bits per heavy atom. The molecular formula is C18H25NO5S. The van der Waals surface area contributed by atoms with E-state index in [9.17, 15) is 18.3 Å². The maximum atomic E-state index is 12.7. The van der Waals surface area contributed by atoms with Gasteiger partial charge in [0.15, 0.2) is 11.6 Å². The first-order valence-electron chi connectivity index (χ1n) is 7.85. The number of carbonyl (C=O) groups is 1. The van der Waals surface area contributed by atoms with Crippen molar-refractivity contribution >= 4 is 16.0 Å². The van der Waals surface area contributed by atoms with Gasteiger partial charge in [0.25, 0.3) is 0 Å². The number of terminal acetylenes is 1. The number of nitrogens with one attached hydrogen (secondary N) is 1. The molecule has 25 heavy (non-hydrogen) atoms. The van der Waals surface area contributed by atoms with Crippen LogP contribution >= 0.6 is 0 Å². The SMILES string of the molecule is C#C[C@](O)([C@H](NS(=O)(=O)c1ccc(C)cc1)C(=O)OCC)C(C)(C)C. The van der Waals surface area contributed by atoms with Crippen molar-refractivity contribution in [3.63, 3.8) is 0 Å². The molecule has 0 aliphatic rings. The normalized spacial score (nSPS) is 15.7. The number of benzene rings is 1. The third-order valence-electron chi connectivity index (χ3n) is 3.91. The van der Waals surface area contributed by atoms with Crippen LogP contribution in [0.4, 0.5) is 0 Å². The largest absolute Gasteiger partial charge is 0.465 e. The van der Waals surface area contributed by atoms with Gasteiger partial charge < -0.3 is 9.84 Å². The summed E-state index contributed by atoms with van der Waals surface area (Å²) in [6.45, 7) is 8.25. The third-order valence-corrected chi connectivity index (χ3v) is 5.35. The lowest BCUT2D eigenvalue weighted by molar-refractivity contribution is -0.154. The molecule has 0 spiro atoms. The van der Waals surface area contributed by atoms with Crippen molar-refractivity contribution in [3.8, 4) is 12.3 Å². The summed E-state index contributed by atoms with van der Waals surface area (Å²) in [4.78, 5) is 12.3. The third kappa shape index (κ3) is 4.60. The van der Waals surface area contributed by atoms with Gasteiger partial charge in [-0.3, -0.25) is 4.79 Å². The number of esters is 1. The minimum absolute atomic E-state index is 0.0202. The second kappa shape index (κ2) is 7.56. The predicted octanol–water partition coefficient (Wildman–Crippen LogP) is 1.62. The highest BCUT2D eigenvalue weighted by Gasteiger charge is 2.51. The van der Waals surface area contributed by atoms with E-state index in [-0.39, 0.29) is 11.5 Å². The van der Waals surface area contributed by atoms with Crippen molar-refractivity contribution < 1.29 is 23.1 Å². The molecule has 0 unspecified atom stereocenters. The number of aryl methyl sites for hydroxylation is 1. The molecule has 0 amide bonds. The van der Waals surface area contributed by atoms with Crippen LogP contribution in [0.1, 0.15) is 33.3 Å². The topological polar surface area (TPSA) is 92.7 Å². The molecule has 2 N–H and O–H groups in total. The average molecular weight is 367 g/mol. The molecule has 0 bridgehead atoms. The fourth-order valence-corrected chi connectivity index (χ4v) is 3.41. The molecular weight excluding hydrogens is 342 g/mol. The summed E-state index contributed by atoms with van der Waals surface area (Å²) in [5.41, 5.74) is -2.19. The first-order chi connectivity index (χ1) is 11.4. The molecule has 0 aromatic heterocycles. The van der Waals surface area contributed by atoms with Crippen molar-refractivity contribution in [3.05, 3.63) is 29.8 Å². The first-order valence-corrected chi connectivity index (χ1v) is 9.33. The van der Waals surface area contributed by atoms with Crippen LogP contribution in [0.25, 0.3) is 0 Å². The Bertz CT molecular complexity index is 756. The number of carbonyl (C=O) groups excluding carboxylic acids is 1. The summed E-state index contributed by atoms with van der Waals surface area (Å²) >= 11 is 0. The molecule has 1 rings (SSSR count). The Balaban J connectivity index is 3.37. The molecule has 0 heterocycles. The molecule has 0 saturated heterocycles. The highest BCUT2D eigenvalue weighted by Crippen LogP contribution is 2.34. The van der Waals surface area contributed by atoms with Gasteiger partial charge in [0.2, 0.25) is 10.0 Å². The van der Waals surface area contributed by atoms with Crippen LogP contribution in [0, 0.1) is 24.7 Å². The number of aliphatic hydroxyl groups is 1. The Morgan fingerprint density at radius 3 is 2.24 bits per heavy atom. The smallest absolute Gasteiger partial charge is 0.328 e. The summed E-state index contributed by atoms with van der Waals surface area (Å²) in [5.74, 6) is 1.23. The lowest BCUT2D eigenvalue weighted by Gasteiger charge is -2.40. The average Bonchev–Trinajstić information content (AvgIpc) is 2.51. The zero-order valence-corrected chi connectivity index (χ0v) is 16.0. The standard InChI is InChI=1S/C18H25NO5S/c1-7-18(21,17(4,5)6)15(16(20)24-8-2)19-25(22,23)14-11-9-13(3)10-12-14/h1,9-12,15,19,21H,8H2,2-6H3/t15-,18+/m1/s1. The molecule has 0 aliphatic heterocycles. The maximum Gasteiger partial charge on any atom is 0.328 e. The second-order valence-corrected chi connectivity index (χ2v) is 8.49. The second-order valence-electron chi connectivity index (χ2n) is 6.78. The van der Waals surface area contributed by atoms with Gasteiger partial charge in [-0.2, -0.15) is 4.72 Å². The van der Waals surface area contributed by atoms with E-state index in [1.807, 2.05) is 6.92 Å². The number of rotatable bonds is 6. The minimum atomic E-state index is -4.10. The molecule has 138 valence electrons. The summed E-state index contributed by atoms with van der Waals surface area (Å²) in [6.07, 6.45) is 5.46. The van der Waals surface area contributed by atoms with Gasteiger partial charge in [-0.15, -0.1) is 6.42 Å². The molecule has 7 heteroatoms. The summed E-state index contributed by atoms with van der Waals surface area (Å²) in [6, 6.07) is 4.43. The van der Waals surface area contributed by atoms with E-state index in [1.165, 1.54) is 12.1 Å². The maximum absolute atomic E-state index is 12.7. The van der Waals surface area contributed by atoms with Crippen molar-refractivity contribution in [2.45, 2.75) is 51.2 Å². The number of ether oxygens (including phenoxy) is 1. The van der Waals surface area contributed by atoms with E-state index >= 15 is 0 Å². The molecule has 6 nitrogen and oxygen atoms in total. The lowest BCUT2D eigenvalue weighted by Crippen LogP contribution is -2.62. The quantitative estimate of drug-likeness (QED) is 0.589. The van der Waals surface area contributed by atoms with Crippen LogP contribution in [0.2, 0.25) is 0 Å². The van der Waals surface area contributed by atoms with Crippen LogP contribution in [-0.2, 0) is 19.6 Å². The van der Waals surface area contributed by atoms with Crippen LogP contribution in [-0.4, -0.2) is 37.7 Å². The highest BCUT2D eigenvalue weighted by molar-refractivity contribution is 7.89. The van der Waals surface area contributed by atoms with Crippen LogP contribution < -0.4 is 4.72 Å². The Morgan fingerprint density at radius 1 is 1.32 bits per heavy atom. The van der Waals surface area contributed by atoms with Gasteiger partial charge in [-0.25, -0.2) is 8.42 Å². The van der Waals surface area contributed by atoms with Gasteiger partial charge in [0.05, 0.1) is 11.5 Å². The fraction of sp³-hybridized carbons (Fsp3) is 0.500. The Kier molecular flexibility index (Phi) is 6.40. The summed E-state index contributed by atoms with van der Waals surface area (Å²) in [5, 5.41) is 10.9. The van der Waals surface area contributed by atoms with Gasteiger partial charge in [-0.1, -0.05) is 44.4 Å². The lowest BCUT2D eigenvalue weighted by atomic mass is 9.72. The molecule has 1 aromatic carbocycles. The van der Waals surface area contributed by atoms with Gasteiger partial charge in [0, 0.05) is 5.41 Å². The molecule has 1 aromatic rings. The number of hydrogen-bond acceptors (Lipinski definition) is 5. The van der Waals surface area contributed by atoms with E-state index in [4.69, 9.17) is 11.2 Å². The minimum Gasteiger partial charge on any atom is -0.465 e. The van der Waals surface area contributed by atoms with E-state index in [0.29, 0.717) is 0 Å². The van der Waals surface area contributed by atoms with Gasteiger partial charge in [0.1, 0.15) is 0 Å². The molecule has 0 saturated carbocycles. The fourth-order valence-electron chi connectivity index (χ4n) is 2.20. The monoisotopic (exact) mass is 367 g/mol. The summed E-state index contributed by atoms with van der Waals surface area (Å²) < 4.78 is 32.5. The Hall–Kier alpha value is -1.88. The first kappa shape index (κ1) is 21.2. The molecule has 2 atom stereocenters. The van der Waals surface area contributed by atoms with Gasteiger partial charge >= 0.3 is 5.97 Å². The van der Waals surface area contributed by atoms with E-state index in [0.717, 1.165) is 5.56 Å². The van der Waals surface area contributed by atoms with Crippen LogP contribution in [0.5, 0.6) is 0 Å². The molecule has 0 radical (unpaired) electrons. The van der Waals surface area contributed by atoms with Crippen molar-refractivity contribution in [2.24, 2.45) is 5.41 Å².